The Bertz CT molecular complexity index is 977. The number of carbonyl (C=O) groups is 2. The molecule has 0 saturated carbocycles. The summed E-state index contributed by atoms with van der Waals surface area (Å²) in [5.41, 5.74) is 0.666. The van der Waals surface area contributed by atoms with E-state index in [9.17, 15) is 14.4 Å². The molecular weight excluding hydrogens is 310 g/mol. The van der Waals surface area contributed by atoms with Gasteiger partial charge in [0.15, 0.2) is 5.69 Å². The number of rotatable bonds is 3. The number of methoxy groups -OCH3 is 1. The number of H-pyrrole nitrogens is 1. The van der Waals surface area contributed by atoms with Crippen molar-refractivity contribution in [1.82, 2.24) is 10.2 Å². The smallest absolute Gasteiger partial charge is 0.337 e. The lowest BCUT2D eigenvalue weighted by atomic mass is 10.2. The van der Waals surface area contributed by atoms with Gasteiger partial charge in [0.25, 0.3) is 5.91 Å². The SMILES string of the molecule is COC(=O)c1ccc(NC(=O)c2n[nH]c3ccccc3c2=O)cc1. The number of benzene rings is 2. The summed E-state index contributed by atoms with van der Waals surface area (Å²) < 4.78 is 4.60. The van der Waals surface area contributed by atoms with Gasteiger partial charge in [-0.15, -0.1) is 0 Å². The number of anilines is 1. The van der Waals surface area contributed by atoms with Gasteiger partial charge in [-0.3, -0.25) is 14.7 Å². The normalized spacial score (nSPS) is 10.4. The van der Waals surface area contributed by atoms with Gasteiger partial charge in [0.1, 0.15) is 0 Å². The molecule has 1 amide bonds. The minimum absolute atomic E-state index is 0.231. The number of carbonyl (C=O) groups excluding carboxylic acids is 2. The predicted octanol–water partition coefficient (Wildman–Crippen LogP) is 1.96. The van der Waals surface area contributed by atoms with Crippen LogP contribution in [0, 0.1) is 0 Å². The molecule has 2 aromatic carbocycles. The maximum absolute atomic E-state index is 12.3. The van der Waals surface area contributed by atoms with Gasteiger partial charge in [-0.05, 0) is 36.4 Å². The molecule has 0 spiro atoms. The molecule has 0 bridgehead atoms. The zero-order valence-electron chi connectivity index (χ0n) is 12.7. The number of nitrogens with one attached hydrogen (secondary N) is 2. The summed E-state index contributed by atoms with van der Waals surface area (Å²) in [4.78, 5) is 36.0. The van der Waals surface area contributed by atoms with Crippen molar-refractivity contribution in [3.05, 3.63) is 70.0 Å². The van der Waals surface area contributed by atoms with Crippen molar-refractivity contribution in [2.75, 3.05) is 12.4 Å². The van der Waals surface area contributed by atoms with Crippen molar-refractivity contribution in [2.45, 2.75) is 0 Å². The van der Waals surface area contributed by atoms with Crippen molar-refractivity contribution in [2.24, 2.45) is 0 Å². The van der Waals surface area contributed by atoms with Gasteiger partial charge in [-0.25, -0.2) is 4.79 Å². The van der Waals surface area contributed by atoms with Gasteiger partial charge in [0.05, 0.1) is 18.2 Å². The fraction of sp³-hybridized carbons (Fsp3) is 0.0588. The molecule has 3 rings (SSSR count). The van der Waals surface area contributed by atoms with Crippen LogP contribution in [-0.2, 0) is 4.74 Å². The third-order valence-electron chi connectivity index (χ3n) is 3.45. The molecule has 0 atom stereocenters. The Morgan fingerprint density at radius 3 is 2.50 bits per heavy atom. The summed E-state index contributed by atoms with van der Waals surface area (Å²) in [7, 11) is 1.29. The van der Waals surface area contributed by atoms with Crippen LogP contribution in [0.15, 0.2) is 53.3 Å². The van der Waals surface area contributed by atoms with Crippen molar-refractivity contribution in [1.29, 1.82) is 0 Å². The number of esters is 1. The fourth-order valence-corrected chi connectivity index (χ4v) is 2.22. The first-order chi connectivity index (χ1) is 11.6. The summed E-state index contributed by atoms with van der Waals surface area (Å²) in [5.74, 6) is -1.10. The lowest BCUT2D eigenvalue weighted by Gasteiger charge is -2.06. The maximum atomic E-state index is 12.3. The molecule has 0 fully saturated rings. The Kier molecular flexibility index (Phi) is 4.07. The second-order valence-electron chi connectivity index (χ2n) is 4.97. The Balaban J connectivity index is 1.86. The maximum Gasteiger partial charge on any atom is 0.337 e. The minimum atomic E-state index is -0.632. The standard InChI is InChI=1S/C17H13N3O4/c1-24-17(23)10-6-8-11(9-7-10)18-16(22)14-15(21)12-4-2-3-5-13(12)19-20-14/h2-9H,1H3,(H,18,22)(H,19,21). The predicted molar refractivity (Wildman–Crippen MR) is 88.1 cm³/mol. The largest absolute Gasteiger partial charge is 0.465 e. The number of nitrogens with zero attached hydrogens (tertiary/aromatic N) is 1. The fourth-order valence-electron chi connectivity index (χ4n) is 2.22. The first-order valence-electron chi connectivity index (χ1n) is 7.07. The Hall–Kier alpha value is -3.48. The second kappa shape index (κ2) is 6.33. The van der Waals surface area contributed by atoms with E-state index in [4.69, 9.17) is 0 Å². The topological polar surface area (TPSA) is 101 Å². The summed E-state index contributed by atoms with van der Waals surface area (Å²) in [6.45, 7) is 0. The molecule has 0 radical (unpaired) electrons. The molecule has 0 aliphatic rings. The molecule has 1 heterocycles. The van der Waals surface area contributed by atoms with Crippen molar-refractivity contribution >= 4 is 28.5 Å². The Morgan fingerprint density at radius 1 is 1.08 bits per heavy atom. The van der Waals surface area contributed by atoms with E-state index in [1.165, 1.54) is 19.2 Å². The summed E-state index contributed by atoms with van der Waals surface area (Å²) >= 11 is 0. The highest BCUT2D eigenvalue weighted by Gasteiger charge is 2.15. The van der Waals surface area contributed by atoms with E-state index >= 15 is 0 Å². The zero-order valence-corrected chi connectivity index (χ0v) is 12.7. The molecule has 120 valence electrons. The summed E-state index contributed by atoms with van der Waals surface area (Å²) in [5, 5.41) is 9.49. The van der Waals surface area contributed by atoms with E-state index in [1.807, 2.05) is 0 Å². The number of aromatic amines is 1. The number of amides is 1. The lowest BCUT2D eigenvalue weighted by molar-refractivity contribution is 0.0600. The van der Waals surface area contributed by atoms with Crippen LogP contribution in [0.5, 0.6) is 0 Å². The molecule has 1 aromatic heterocycles. The van der Waals surface area contributed by atoms with E-state index in [2.05, 4.69) is 20.3 Å². The molecule has 2 N–H and O–H groups in total. The molecule has 7 nitrogen and oxygen atoms in total. The third-order valence-corrected chi connectivity index (χ3v) is 3.45. The molecule has 0 unspecified atom stereocenters. The average Bonchev–Trinajstić information content (AvgIpc) is 2.62. The quantitative estimate of drug-likeness (QED) is 0.718. The highest BCUT2D eigenvalue weighted by molar-refractivity contribution is 6.04. The highest BCUT2D eigenvalue weighted by atomic mass is 16.5. The van der Waals surface area contributed by atoms with Crippen LogP contribution in [0.25, 0.3) is 10.9 Å². The Morgan fingerprint density at radius 2 is 1.79 bits per heavy atom. The molecule has 0 aliphatic heterocycles. The minimum Gasteiger partial charge on any atom is -0.465 e. The van der Waals surface area contributed by atoms with Crippen LogP contribution in [0.2, 0.25) is 0 Å². The number of fused-ring (bicyclic) bond motifs is 1. The van der Waals surface area contributed by atoms with Gasteiger partial charge in [0.2, 0.25) is 5.43 Å². The molecule has 0 aliphatic carbocycles. The van der Waals surface area contributed by atoms with Gasteiger partial charge >= 0.3 is 5.97 Å². The van der Waals surface area contributed by atoms with Crippen LogP contribution in [0.4, 0.5) is 5.69 Å². The van der Waals surface area contributed by atoms with E-state index in [1.54, 1.807) is 36.4 Å². The third kappa shape index (κ3) is 2.87. The zero-order chi connectivity index (χ0) is 17.1. The van der Waals surface area contributed by atoms with Gasteiger partial charge in [-0.2, -0.15) is 5.10 Å². The highest BCUT2D eigenvalue weighted by Crippen LogP contribution is 2.12. The molecule has 24 heavy (non-hydrogen) atoms. The van der Waals surface area contributed by atoms with Crippen LogP contribution in [0.1, 0.15) is 20.8 Å². The van der Waals surface area contributed by atoms with Crippen LogP contribution < -0.4 is 10.7 Å². The second-order valence-corrected chi connectivity index (χ2v) is 4.97. The van der Waals surface area contributed by atoms with Crippen LogP contribution in [0.3, 0.4) is 0 Å². The number of hydrogen-bond donors (Lipinski definition) is 2. The number of ether oxygens (including phenoxy) is 1. The molecular formula is C17H13N3O4. The molecule has 7 heteroatoms. The number of hydrogen-bond acceptors (Lipinski definition) is 5. The summed E-state index contributed by atoms with van der Waals surface area (Å²) in [6.07, 6.45) is 0. The number of para-hydroxylation sites is 1. The van der Waals surface area contributed by atoms with Crippen LogP contribution in [-0.4, -0.2) is 29.2 Å². The first-order valence-corrected chi connectivity index (χ1v) is 7.07. The van der Waals surface area contributed by atoms with Gasteiger partial charge < -0.3 is 10.1 Å². The summed E-state index contributed by atoms with van der Waals surface area (Å²) in [6, 6.07) is 12.9. The molecule has 0 saturated heterocycles. The van der Waals surface area contributed by atoms with E-state index in [0.717, 1.165) is 0 Å². The lowest BCUT2D eigenvalue weighted by Crippen LogP contribution is -2.24. The monoisotopic (exact) mass is 323 g/mol. The van der Waals surface area contributed by atoms with E-state index < -0.39 is 17.3 Å². The van der Waals surface area contributed by atoms with Crippen molar-refractivity contribution in [3.63, 3.8) is 0 Å². The Labute approximate surface area is 136 Å². The van der Waals surface area contributed by atoms with Gasteiger partial charge in [-0.1, -0.05) is 12.1 Å². The van der Waals surface area contributed by atoms with Gasteiger partial charge in [0, 0.05) is 11.1 Å². The van der Waals surface area contributed by atoms with E-state index in [-0.39, 0.29) is 5.69 Å². The first kappa shape index (κ1) is 15.4. The molecule has 3 aromatic rings. The van der Waals surface area contributed by atoms with E-state index in [0.29, 0.717) is 22.2 Å². The van der Waals surface area contributed by atoms with Crippen molar-refractivity contribution < 1.29 is 14.3 Å². The van der Waals surface area contributed by atoms with Crippen molar-refractivity contribution in [3.8, 4) is 0 Å². The number of aromatic nitrogens is 2. The van der Waals surface area contributed by atoms with Crippen LogP contribution >= 0.6 is 0 Å². The average molecular weight is 323 g/mol.